The zero-order valence-electron chi connectivity index (χ0n) is 11.5. The van der Waals surface area contributed by atoms with Crippen LogP contribution in [0.2, 0.25) is 0 Å². The predicted octanol–water partition coefficient (Wildman–Crippen LogP) is 1.60. The van der Waals surface area contributed by atoms with Gasteiger partial charge in [0.1, 0.15) is 19.0 Å². The second-order valence-electron chi connectivity index (χ2n) is 4.52. The van der Waals surface area contributed by atoms with E-state index < -0.39 is 0 Å². The number of hydrogen-bond donors (Lipinski definition) is 1. The first kappa shape index (κ1) is 14.9. The molecule has 0 spiro atoms. The first-order chi connectivity index (χ1) is 9.88. The zero-order valence-corrected chi connectivity index (χ0v) is 11.5. The molecular formula is C16H20O4. The normalized spacial score (nSPS) is 15.4. The van der Waals surface area contributed by atoms with Gasteiger partial charge in [0.2, 0.25) is 0 Å². The highest BCUT2D eigenvalue weighted by Crippen LogP contribution is 2.13. The van der Waals surface area contributed by atoms with E-state index in [1.54, 1.807) is 0 Å². The van der Waals surface area contributed by atoms with Crippen LogP contribution in [0.1, 0.15) is 18.4 Å². The van der Waals surface area contributed by atoms with Crippen LogP contribution in [0.4, 0.5) is 0 Å². The van der Waals surface area contributed by atoms with Crippen LogP contribution in [-0.4, -0.2) is 44.2 Å². The summed E-state index contributed by atoms with van der Waals surface area (Å²) < 4.78 is 16.6. The Balaban J connectivity index is 1.66. The maximum Gasteiger partial charge on any atom is 0.119 e. The van der Waals surface area contributed by atoms with Crippen LogP contribution >= 0.6 is 0 Å². The zero-order chi connectivity index (χ0) is 14.0. The van der Waals surface area contributed by atoms with E-state index in [0.29, 0.717) is 19.3 Å². The molecule has 1 aliphatic rings. The summed E-state index contributed by atoms with van der Waals surface area (Å²) in [5.74, 6) is 6.25. The Morgan fingerprint density at radius 1 is 1.15 bits per heavy atom. The van der Waals surface area contributed by atoms with Crippen molar-refractivity contribution in [1.29, 1.82) is 0 Å². The third kappa shape index (κ3) is 5.22. The fourth-order valence-electron chi connectivity index (χ4n) is 1.99. The molecule has 0 bridgehead atoms. The summed E-state index contributed by atoms with van der Waals surface area (Å²) in [6, 6.07) is 7.49. The van der Waals surface area contributed by atoms with Crippen LogP contribution in [-0.2, 0) is 9.47 Å². The number of aliphatic hydroxyl groups is 1. The van der Waals surface area contributed by atoms with Gasteiger partial charge in [0.15, 0.2) is 0 Å². The lowest BCUT2D eigenvalue weighted by Gasteiger charge is -2.22. The fraction of sp³-hybridized carbons (Fsp3) is 0.500. The second kappa shape index (κ2) is 8.60. The average Bonchev–Trinajstić information content (AvgIpc) is 2.52. The first-order valence-electron chi connectivity index (χ1n) is 6.90. The highest BCUT2D eigenvalue weighted by atomic mass is 16.5. The molecule has 108 valence electrons. The van der Waals surface area contributed by atoms with Gasteiger partial charge < -0.3 is 19.3 Å². The molecule has 1 heterocycles. The lowest BCUT2D eigenvalue weighted by molar-refractivity contribution is -0.0388. The maximum absolute atomic E-state index is 8.61. The van der Waals surface area contributed by atoms with Crippen LogP contribution in [0, 0.1) is 11.8 Å². The summed E-state index contributed by atoms with van der Waals surface area (Å²) >= 11 is 0. The molecule has 1 fully saturated rings. The van der Waals surface area contributed by atoms with E-state index in [9.17, 15) is 0 Å². The number of aliphatic hydroxyl groups excluding tert-OH is 1. The van der Waals surface area contributed by atoms with Gasteiger partial charge in [0.25, 0.3) is 0 Å². The van der Waals surface area contributed by atoms with Crippen molar-refractivity contribution in [1.82, 2.24) is 0 Å². The monoisotopic (exact) mass is 276 g/mol. The van der Waals surface area contributed by atoms with Gasteiger partial charge in [-0.15, -0.1) is 0 Å². The topological polar surface area (TPSA) is 47.9 Å². The molecule has 1 N–H and O–H groups in total. The largest absolute Gasteiger partial charge is 0.491 e. The van der Waals surface area contributed by atoms with Crippen molar-refractivity contribution in [3.05, 3.63) is 29.8 Å². The number of ether oxygens (including phenoxy) is 3. The second-order valence-corrected chi connectivity index (χ2v) is 4.52. The molecule has 0 amide bonds. The van der Waals surface area contributed by atoms with Crippen LogP contribution in [0.3, 0.4) is 0 Å². The van der Waals surface area contributed by atoms with Crippen LogP contribution in [0.5, 0.6) is 5.75 Å². The molecule has 0 radical (unpaired) electrons. The Morgan fingerprint density at radius 3 is 2.60 bits per heavy atom. The minimum absolute atomic E-state index is 0.123. The average molecular weight is 276 g/mol. The molecule has 4 nitrogen and oxygen atoms in total. The highest BCUT2D eigenvalue weighted by molar-refractivity contribution is 5.38. The van der Waals surface area contributed by atoms with Crippen molar-refractivity contribution >= 4 is 0 Å². The summed E-state index contributed by atoms with van der Waals surface area (Å²) in [7, 11) is 0. The van der Waals surface area contributed by atoms with E-state index in [1.165, 1.54) is 0 Å². The van der Waals surface area contributed by atoms with Gasteiger partial charge in [-0.2, -0.15) is 0 Å². The smallest absolute Gasteiger partial charge is 0.119 e. The van der Waals surface area contributed by atoms with Crippen molar-refractivity contribution in [2.24, 2.45) is 0 Å². The maximum atomic E-state index is 8.61. The molecule has 0 unspecified atom stereocenters. The standard InChI is InChI=1S/C16H20O4/c17-9-1-2-14-3-5-15(6-4-14)19-12-13-20-16-7-10-18-11-8-16/h3-6,16-17H,7-13H2. The minimum atomic E-state index is -0.123. The molecule has 2 rings (SSSR count). The third-order valence-corrected chi connectivity index (χ3v) is 3.04. The number of benzene rings is 1. The van der Waals surface area contributed by atoms with E-state index in [4.69, 9.17) is 19.3 Å². The molecule has 1 aromatic carbocycles. The summed E-state index contributed by atoms with van der Waals surface area (Å²) in [6.07, 6.45) is 2.25. The van der Waals surface area contributed by atoms with E-state index >= 15 is 0 Å². The molecule has 1 saturated heterocycles. The SMILES string of the molecule is OCC#Cc1ccc(OCCOC2CCOCC2)cc1. The molecule has 0 aromatic heterocycles. The Bertz CT molecular complexity index is 438. The van der Waals surface area contributed by atoms with Gasteiger partial charge in [-0.05, 0) is 37.1 Å². The Hall–Kier alpha value is -1.54. The van der Waals surface area contributed by atoms with Gasteiger partial charge in [-0.1, -0.05) is 11.8 Å². The summed E-state index contributed by atoms with van der Waals surface area (Å²) in [6.45, 7) is 2.60. The number of rotatable bonds is 5. The van der Waals surface area contributed by atoms with Crippen molar-refractivity contribution in [2.75, 3.05) is 33.0 Å². The molecule has 1 aromatic rings. The van der Waals surface area contributed by atoms with Gasteiger partial charge >= 0.3 is 0 Å². The molecular weight excluding hydrogens is 256 g/mol. The lowest BCUT2D eigenvalue weighted by Crippen LogP contribution is -2.25. The van der Waals surface area contributed by atoms with E-state index in [2.05, 4.69) is 11.8 Å². The highest BCUT2D eigenvalue weighted by Gasteiger charge is 2.13. The lowest BCUT2D eigenvalue weighted by atomic mass is 10.2. The van der Waals surface area contributed by atoms with Crippen molar-refractivity contribution in [3.8, 4) is 17.6 Å². The van der Waals surface area contributed by atoms with Crippen molar-refractivity contribution < 1.29 is 19.3 Å². The predicted molar refractivity (Wildman–Crippen MR) is 75.7 cm³/mol. The molecule has 0 atom stereocenters. The Morgan fingerprint density at radius 2 is 1.90 bits per heavy atom. The quantitative estimate of drug-likeness (QED) is 0.655. The van der Waals surface area contributed by atoms with Gasteiger partial charge in [0.05, 0.1) is 12.7 Å². The molecule has 0 saturated carbocycles. The van der Waals surface area contributed by atoms with E-state index in [0.717, 1.165) is 37.4 Å². The van der Waals surface area contributed by atoms with Gasteiger partial charge in [-0.25, -0.2) is 0 Å². The van der Waals surface area contributed by atoms with Gasteiger partial charge in [-0.3, -0.25) is 0 Å². The van der Waals surface area contributed by atoms with Crippen LogP contribution in [0.15, 0.2) is 24.3 Å². The van der Waals surface area contributed by atoms with Gasteiger partial charge in [0, 0.05) is 18.8 Å². The minimum Gasteiger partial charge on any atom is -0.491 e. The van der Waals surface area contributed by atoms with E-state index in [-0.39, 0.29) is 6.61 Å². The van der Waals surface area contributed by atoms with Crippen molar-refractivity contribution in [2.45, 2.75) is 18.9 Å². The summed E-state index contributed by atoms with van der Waals surface area (Å²) in [4.78, 5) is 0. The molecule has 0 aliphatic carbocycles. The van der Waals surface area contributed by atoms with Crippen LogP contribution < -0.4 is 4.74 Å². The molecule has 20 heavy (non-hydrogen) atoms. The summed E-state index contributed by atoms with van der Waals surface area (Å²) in [5, 5.41) is 8.61. The van der Waals surface area contributed by atoms with Crippen molar-refractivity contribution in [3.63, 3.8) is 0 Å². The first-order valence-corrected chi connectivity index (χ1v) is 6.90. The third-order valence-electron chi connectivity index (χ3n) is 3.04. The molecule has 4 heteroatoms. The fourth-order valence-corrected chi connectivity index (χ4v) is 1.99. The summed E-state index contributed by atoms with van der Waals surface area (Å²) in [5.41, 5.74) is 0.866. The van der Waals surface area contributed by atoms with Crippen LogP contribution in [0.25, 0.3) is 0 Å². The Labute approximate surface area is 119 Å². The Kier molecular flexibility index (Phi) is 6.39. The van der Waals surface area contributed by atoms with E-state index in [1.807, 2.05) is 24.3 Å². The number of hydrogen-bond acceptors (Lipinski definition) is 4. The molecule has 1 aliphatic heterocycles.